The van der Waals surface area contributed by atoms with Gasteiger partial charge >= 0.3 is 11.9 Å². The van der Waals surface area contributed by atoms with Crippen molar-refractivity contribution in [1.29, 1.82) is 0 Å². The lowest BCUT2D eigenvalue weighted by Gasteiger charge is -2.45. The fourth-order valence-electron chi connectivity index (χ4n) is 11.0. The Balaban J connectivity index is 1.31. The summed E-state index contributed by atoms with van der Waals surface area (Å²) in [4.78, 5) is 27.0. The van der Waals surface area contributed by atoms with Crippen LogP contribution >= 0.6 is 0 Å². The van der Waals surface area contributed by atoms with Crippen LogP contribution in [0.5, 0.6) is 0 Å². The molecule has 3 heterocycles. The summed E-state index contributed by atoms with van der Waals surface area (Å²) in [6.07, 6.45) is 10.4. The Labute approximate surface area is 212 Å². The van der Waals surface area contributed by atoms with Crippen LogP contribution in [-0.4, -0.2) is 46.1 Å². The molecule has 2 spiro atoms. The highest BCUT2D eigenvalue weighted by molar-refractivity contribution is 5.91. The van der Waals surface area contributed by atoms with Crippen molar-refractivity contribution in [2.75, 3.05) is 0 Å². The summed E-state index contributed by atoms with van der Waals surface area (Å²) in [5.74, 6) is -0.687. The molecule has 2 bridgehead atoms. The third-order valence-corrected chi connectivity index (χ3v) is 13.0. The number of esters is 2. The molecule has 5 aliphatic carbocycles. The molecule has 0 aromatic heterocycles. The van der Waals surface area contributed by atoms with Crippen LogP contribution < -0.4 is 0 Å². The number of carbonyl (C=O) groups is 2. The molecule has 1 N–H and O–H groups in total. The Bertz CT molecular complexity index is 1230. The number of hydrogen-bond acceptors (Lipinski definition) is 6. The van der Waals surface area contributed by atoms with Crippen molar-refractivity contribution in [3.05, 3.63) is 36.0 Å². The molecule has 0 aromatic rings. The highest BCUT2D eigenvalue weighted by Crippen LogP contribution is 2.81. The highest BCUT2D eigenvalue weighted by Gasteiger charge is 2.85. The van der Waals surface area contributed by atoms with Crippen molar-refractivity contribution >= 4 is 11.9 Å². The number of ether oxygens (including phenoxy) is 3. The molecule has 1 unspecified atom stereocenters. The molecule has 3 saturated heterocycles. The van der Waals surface area contributed by atoms with Crippen LogP contribution in [0, 0.1) is 39.9 Å². The topological polar surface area (TPSA) is 85.4 Å². The van der Waals surface area contributed by atoms with Crippen LogP contribution in [0.2, 0.25) is 0 Å². The summed E-state index contributed by atoms with van der Waals surface area (Å²) >= 11 is 0. The van der Waals surface area contributed by atoms with Gasteiger partial charge in [0.15, 0.2) is 0 Å². The number of hydrogen-bond donors (Lipinski definition) is 1. The molecule has 3 aliphatic heterocycles. The van der Waals surface area contributed by atoms with E-state index in [1.165, 1.54) is 5.57 Å². The minimum Gasteiger partial charge on any atom is -0.461 e. The summed E-state index contributed by atoms with van der Waals surface area (Å²) in [5, 5.41) is 12.1. The lowest BCUT2D eigenvalue weighted by Crippen LogP contribution is -2.49. The van der Waals surface area contributed by atoms with E-state index >= 15 is 0 Å². The predicted molar refractivity (Wildman–Crippen MR) is 129 cm³/mol. The standard InChI is InChI=1S/C30H36O6/c1-15-6-11-30-19(15)21-18(8-10-27(30,5)36-30)29(24(32)35-21)14-28-13-12-25(29,3)22(28)20-17(7-9-26(28,4)33)16(2)23(31)34-20/h6,12-13,17-22,33H,2,7-11,14H2,1,3-5H3/t17-,18+,19+,20-,21-,22-,25+,26+,27-,28?,29+,30+/m0/s1. The van der Waals surface area contributed by atoms with E-state index in [0.29, 0.717) is 24.8 Å². The van der Waals surface area contributed by atoms with Gasteiger partial charge in [-0.15, -0.1) is 0 Å². The van der Waals surface area contributed by atoms with Gasteiger partial charge < -0.3 is 19.3 Å². The van der Waals surface area contributed by atoms with Gasteiger partial charge in [0.1, 0.15) is 17.8 Å². The fourth-order valence-corrected chi connectivity index (χ4v) is 11.0. The third-order valence-electron chi connectivity index (χ3n) is 13.0. The molecular formula is C30H36O6. The van der Waals surface area contributed by atoms with E-state index < -0.39 is 21.8 Å². The third kappa shape index (κ3) is 1.95. The van der Waals surface area contributed by atoms with Crippen LogP contribution in [0.1, 0.15) is 66.2 Å². The SMILES string of the molecule is C=C1C(=O)O[C@@H]2[C@@H]3C4(C=C[C@@]3(C)[C@@]3(C4)C(=O)O[C@H]4[C@H]3CC[C@]3(C)O[C@@]35CC=C(C)[C@H]45)[C@](C)(O)CC[C@@H]12. The van der Waals surface area contributed by atoms with Gasteiger partial charge in [0.2, 0.25) is 0 Å². The number of fused-ring (bicyclic) bond motifs is 5. The van der Waals surface area contributed by atoms with Crippen molar-refractivity contribution in [3.8, 4) is 0 Å². The maximum atomic E-state index is 14.3. The Morgan fingerprint density at radius 3 is 2.61 bits per heavy atom. The van der Waals surface area contributed by atoms with Crippen molar-refractivity contribution in [1.82, 2.24) is 0 Å². The molecule has 36 heavy (non-hydrogen) atoms. The van der Waals surface area contributed by atoms with E-state index in [0.717, 1.165) is 19.3 Å². The second-order valence-corrected chi connectivity index (χ2v) is 14.0. The van der Waals surface area contributed by atoms with Gasteiger partial charge in [0, 0.05) is 40.1 Å². The first-order valence-corrected chi connectivity index (χ1v) is 13.8. The van der Waals surface area contributed by atoms with Gasteiger partial charge in [0.05, 0.1) is 16.6 Å². The van der Waals surface area contributed by atoms with E-state index in [1.807, 2.05) is 6.92 Å². The molecule has 192 valence electrons. The summed E-state index contributed by atoms with van der Waals surface area (Å²) < 4.78 is 19.0. The van der Waals surface area contributed by atoms with Gasteiger partial charge in [-0.2, -0.15) is 0 Å². The maximum Gasteiger partial charge on any atom is 0.334 e. The smallest absolute Gasteiger partial charge is 0.334 e. The van der Waals surface area contributed by atoms with Crippen molar-refractivity contribution < 1.29 is 28.9 Å². The van der Waals surface area contributed by atoms with Crippen molar-refractivity contribution in [3.63, 3.8) is 0 Å². The number of allylic oxidation sites excluding steroid dienone is 1. The molecular weight excluding hydrogens is 456 g/mol. The Morgan fingerprint density at radius 2 is 1.83 bits per heavy atom. The quantitative estimate of drug-likeness (QED) is 0.238. The first kappa shape index (κ1) is 22.1. The zero-order chi connectivity index (χ0) is 25.3. The summed E-state index contributed by atoms with van der Waals surface area (Å²) in [7, 11) is 0. The van der Waals surface area contributed by atoms with E-state index in [-0.39, 0.29) is 59.0 Å². The molecule has 3 saturated carbocycles. The second-order valence-electron chi connectivity index (χ2n) is 14.0. The van der Waals surface area contributed by atoms with E-state index in [2.05, 4.69) is 45.6 Å². The molecule has 12 atom stereocenters. The second kappa shape index (κ2) is 5.88. The lowest BCUT2D eigenvalue weighted by atomic mass is 9.55. The van der Waals surface area contributed by atoms with Crippen LogP contribution in [-0.2, 0) is 23.8 Å². The van der Waals surface area contributed by atoms with E-state index in [9.17, 15) is 14.7 Å². The Hall–Kier alpha value is -1.92. The molecule has 0 radical (unpaired) electrons. The molecule has 8 rings (SSSR count). The molecule has 6 fully saturated rings. The van der Waals surface area contributed by atoms with Crippen LogP contribution in [0.15, 0.2) is 36.0 Å². The number of rotatable bonds is 0. The number of epoxide rings is 1. The zero-order valence-electron chi connectivity index (χ0n) is 21.6. The van der Waals surface area contributed by atoms with Crippen LogP contribution in [0.4, 0.5) is 0 Å². The Morgan fingerprint density at radius 1 is 1.06 bits per heavy atom. The molecule has 8 aliphatic rings. The maximum absolute atomic E-state index is 14.3. The summed E-state index contributed by atoms with van der Waals surface area (Å²) in [5.41, 5.74) is -1.71. The number of aliphatic hydroxyl groups is 1. The van der Waals surface area contributed by atoms with Gasteiger partial charge in [-0.25, -0.2) is 4.79 Å². The zero-order valence-corrected chi connectivity index (χ0v) is 21.6. The average molecular weight is 493 g/mol. The highest BCUT2D eigenvalue weighted by atomic mass is 16.6. The lowest BCUT2D eigenvalue weighted by molar-refractivity contribution is -0.155. The van der Waals surface area contributed by atoms with E-state index in [1.54, 1.807) is 0 Å². The predicted octanol–water partition coefficient (Wildman–Crippen LogP) is 4.03. The van der Waals surface area contributed by atoms with E-state index in [4.69, 9.17) is 14.2 Å². The molecule has 0 amide bonds. The van der Waals surface area contributed by atoms with Crippen LogP contribution in [0.3, 0.4) is 0 Å². The largest absolute Gasteiger partial charge is 0.461 e. The monoisotopic (exact) mass is 492 g/mol. The van der Waals surface area contributed by atoms with Crippen molar-refractivity contribution in [2.24, 2.45) is 39.9 Å². The molecule has 0 aromatic carbocycles. The van der Waals surface area contributed by atoms with Gasteiger partial charge in [0.25, 0.3) is 0 Å². The minimum absolute atomic E-state index is 0.0230. The van der Waals surface area contributed by atoms with Gasteiger partial charge in [-0.3, -0.25) is 4.79 Å². The molecule has 6 heteroatoms. The minimum atomic E-state index is -1.03. The van der Waals surface area contributed by atoms with Crippen LogP contribution in [0.25, 0.3) is 0 Å². The molecule has 6 nitrogen and oxygen atoms in total. The average Bonchev–Trinajstić information content (AvgIpc) is 3.13. The summed E-state index contributed by atoms with van der Waals surface area (Å²) in [6.45, 7) is 12.6. The summed E-state index contributed by atoms with van der Waals surface area (Å²) in [6, 6.07) is 0. The first-order chi connectivity index (χ1) is 16.9. The normalized spacial score (nSPS) is 61.5. The first-order valence-electron chi connectivity index (χ1n) is 13.8. The van der Waals surface area contributed by atoms with Gasteiger partial charge in [-0.1, -0.05) is 37.3 Å². The fraction of sp³-hybridized carbons (Fsp3) is 0.733. The van der Waals surface area contributed by atoms with Gasteiger partial charge in [-0.05, 0) is 59.3 Å². The Kier molecular flexibility index (Phi) is 3.61. The number of carbonyl (C=O) groups excluding carboxylic acids is 2. The van der Waals surface area contributed by atoms with Crippen molar-refractivity contribution in [2.45, 2.75) is 95.2 Å².